The van der Waals surface area contributed by atoms with Gasteiger partial charge in [0.05, 0.1) is 12.1 Å². The number of imidazole rings is 1. The Balaban J connectivity index is 2.14. The molecule has 0 saturated carbocycles. The Morgan fingerprint density at radius 1 is 1.25 bits per heavy atom. The molecule has 0 aliphatic carbocycles. The minimum Gasteiger partial charge on any atom is -0.494 e. The Kier molecular flexibility index (Phi) is 3.49. The van der Waals surface area contributed by atoms with Gasteiger partial charge in [0.1, 0.15) is 16.2 Å². The van der Waals surface area contributed by atoms with Crippen molar-refractivity contribution < 1.29 is 4.74 Å². The smallest absolute Gasteiger partial charge is 0.145 e. The molecule has 0 aliphatic rings. The molecule has 2 heterocycles. The Bertz CT molecular complexity index is 764. The fourth-order valence-electron chi connectivity index (χ4n) is 2.31. The Morgan fingerprint density at radius 3 is 2.85 bits per heavy atom. The van der Waals surface area contributed by atoms with Gasteiger partial charge >= 0.3 is 0 Å². The van der Waals surface area contributed by atoms with E-state index in [1.54, 1.807) is 0 Å². The monoisotopic (exact) mass is 330 g/mol. The van der Waals surface area contributed by atoms with Gasteiger partial charge in [0.15, 0.2) is 0 Å². The molecule has 0 radical (unpaired) electrons. The van der Waals surface area contributed by atoms with E-state index in [9.17, 15) is 0 Å². The topological polar surface area (TPSA) is 26.5 Å². The number of nitrogens with zero attached hydrogens (tertiary/aromatic N) is 2. The molecule has 0 N–H and O–H groups in total. The van der Waals surface area contributed by atoms with Crippen LogP contribution in [0.2, 0.25) is 0 Å². The van der Waals surface area contributed by atoms with Crippen LogP contribution in [-0.2, 0) is 0 Å². The highest BCUT2D eigenvalue weighted by Gasteiger charge is 2.11. The molecule has 0 unspecified atom stereocenters. The fourth-order valence-corrected chi connectivity index (χ4v) is 2.80. The van der Waals surface area contributed by atoms with Gasteiger partial charge in [-0.3, -0.25) is 4.40 Å². The Labute approximate surface area is 126 Å². The number of aryl methyl sites for hydroxylation is 1. The lowest BCUT2D eigenvalue weighted by molar-refractivity contribution is 0.338. The largest absolute Gasteiger partial charge is 0.494 e. The summed E-state index contributed by atoms with van der Waals surface area (Å²) in [6.45, 7) is 4.73. The molecule has 0 fully saturated rings. The van der Waals surface area contributed by atoms with Gasteiger partial charge in [0.2, 0.25) is 0 Å². The van der Waals surface area contributed by atoms with Gasteiger partial charge in [0, 0.05) is 11.8 Å². The summed E-state index contributed by atoms with van der Waals surface area (Å²) in [5, 5.41) is 0. The van der Waals surface area contributed by atoms with Gasteiger partial charge in [-0.25, -0.2) is 4.98 Å². The standard InChI is InChI=1S/C16H15BrN2O/c1-3-20-14-8-7-12(10-11(14)2)16-18-15(17)13-6-4-5-9-19(13)16/h4-10H,3H2,1-2H3. The van der Waals surface area contributed by atoms with Crippen molar-refractivity contribution in [3.8, 4) is 17.1 Å². The normalized spacial score (nSPS) is 10.9. The van der Waals surface area contributed by atoms with E-state index >= 15 is 0 Å². The Morgan fingerprint density at radius 2 is 2.10 bits per heavy atom. The van der Waals surface area contributed by atoms with Crippen molar-refractivity contribution in [2.45, 2.75) is 13.8 Å². The summed E-state index contributed by atoms with van der Waals surface area (Å²) in [6.07, 6.45) is 2.02. The molecule has 2 aromatic heterocycles. The summed E-state index contributed by atoms with van der Waals surface area (Å²) in [7, 11) is 0. The zero-order chi connectivity index (χ0) is 14.1. The lowest BCUT2D eigenvalue weighted by Crippen LogP contribution is -1.95. The maximum Gasteiger partial charge on any atom is 0.145 e. The van der Waals surface area contributed by atoms with Crippen LogP contribution in [0.1, 0.15) is 12.5 Å². The highest BCUT2D eigenvalue weighted by molar-refractivity contribution is 9.10. The molecule has 0 spiro atoms. The number of aromatic nitrogens is 2. The van der Waals surface area contributed by atoms with Crippen LogP contribution in [0.4, 0.5) is 0 Å². The number of rotatable bonds is 3. The van der Waals surface area contributed by atoms with Gasteiger partial charge in [-0.2, -0.15) is 0 Å². The summed E-state index contributed by atoms with van der Waals surface area (Å²) in [6, 6.07) is 12.2. The first kappa shape index (κ1) is 13.2. The van der Waals surface area contributed by atoms with E-state index in [-0.39, 0.29) is 0 Å². The first-order chi connectivity index (χ1) is 9.70. The third-order valence-corrected chi connectivity index (χ3v) is 3.82. The minimum absolute atomic E-state index is 0.679. The Hall–Kier alpha value is -1.81. The average molecular weight is 331 g/mol. The molecule has 0 saturated heterocycles. The van der Waals surface area contributed by atoms with Gasteiger partial charge in [0.25, 0.3) is 0 Å². The second kappa shape index (κ2) is 5.29. The van der Waals surface area contributed by atoms with E-state index in [0.717, 1.165) is 32.8 Å². The van der Waals surface area contributed by atoms with Crippen LogP contribution in [0.5, 0.6) is 5.75 Å². The number of hydrogen-bond acceptors (Lipinski definition) is 2. The van der Waals surface area contributed by atoms with Crippen molar-refractivity contribution in [2.24, 2.45) is 0 Å². The van der Waals surface area contributed by atoms with Gasteiger partial charge < -0.3 is 4.74 Å². The third-order valence-electron chi connectivity index (χ3n) is 3.24. The van der Waals surface area contributed by atoms with Crippen molar-refractivity contribution in [3.05, 3.63) is 52.8 Å². The highest BCUT2D eigenvalue weighted by atomic mass is 79.9. The molecule has 0 aliphatic heterocycles. The number of halogens is 1. The molecule has 3 nitrogen and oxygen atoms in total. The van der Waals surface area contributed by atoms with E-state index < -0.39 is 0 Å². The maximum absolute atomic E-state index is 5.58. The minimum atomic E-state index is 0.679. The van der Waals surface area contributed by atoms with E-state index in [1.165, 1.54) is 0 Å². The molecule has 3 aromatic rings. The molecule has 20 heavy (non-hydrogen) atoms. The lowest BCUT2D eigenvalue weighted by atomic mass is 10.1. The first-order valence-electron chi connectivity index (χ1n) is 6.57. The molecule has 0 bridgehead atoms. The maximum atomic E-state index is 5.58. The molecule has 102 valence electrons. The van der Waals surface area contributed by atoms with Crippen LogP contribution in [0.3, 0.4) is 0 Å². The predicted octanol–water partition coefficient (Wildman–Crippen LogP) is 4.47. The summed E-state index contributed by atoms with van der Waals surface area (Å²) >= 11 is 3.52. The van der Waals surface area contributed by atoms with Gasteiger partial charge in [-0.15, -0.1) is 0 Å². The van der Waals surface area contributed by atoms with Crippen LogP contribution in [-0.4, -0.2) is 16.0 Å². The van der Waals surface area contributed by atoms with Crippen molar-refractivity contribution in [3.63, 3.8) is 0 Å². The second-order valence-electron chi connectivity index (χ2n) is 4.60. The molecule has 0 atom stereocenters. The van der Waals surface area contributed by atoms with Crippen molar-refractivity contribution in [1.29, 1.82) is 0 Å². The van der Waals surface area contributed by atoms with Gasteiger partial charge in [-0.1, -0.05) is 6.07 Å². The zero-order valence-corrected chi connectivity index (χ0v) is 13.0. The molecule has 4 heteroatoms. The SMILES string of the molecule is CCOc1ccc(-c2nc(Br)c3ccccn23)cc1C. The lowest BCUT2D eigenvalue weighted by Gasteiger charge is -2.08. The second-order valence-corrected chi connectivity index (χ2v) is 5.35. The quantitative estimate of drug-likeness (QED) is 0.708. The number of ether oxygens (including phenoxy) is 1. The third kappa shape index (κ3) is 2.20. The molecule has 1 aromatic carbocycles. The van der Waals surface area contributed by atoms with Crippen molar-refractivity contribution >= 4 is 21.4 Å². The van der Waals surface area contributed by atoms with E-state index in [0.29, 0.717) is 6.61 Å². The van der Waals surface area contributed by atoms with Crippen LogP contribution in [0.15, 0.2) is 47.2 Å². The number of benzene rings is 1. The summed E-state index contributed by atoms with van der Waals surface area (Å²) in [4.78, 5) is 4.62. The first-order valence-corrected chi connectivity index (χ1v) is 7.36. The fraction of sp³-hybridized carbons (Fsp3) is 0.188. The average Bonchev–Trinajstić information content (AvgIpc) is 2.79. The van der Waals surface area contributed by atoms with Crippen molar-refractivity contribution in [2.75, 3.05) is 6.61 Å². The molecular formula is C16H15BrN2O. The van der Waals surface area contributed by atoms with Crippen molar-refractivity contribution in [1.82, 2.24) is 9.38 Å². The van der Waals surface area contributed by atoms with Crippen LogP contribution in [0.25, 0.3) is 16.9 Å². The van der Waals surface area contributed by atoms with E-state index in [4.69, 9.17) is 4.74 Å². The zero-order valence-electron chi connectivity index (χ0n) is 11.4. The van der Waals surface area contributed by atoms with E-state index in [1.807, 2.05) is 43.5 Å². The molecular weight excluding hydrogens is 316 g/mol. The van der Waals surface area contributed by atoms with Crippen LogP contribution in [0, 0.1) is 6.92 Å². The van der Waals surface area contributed by atoms with E-state index in [2.05, 4.69) is 38.3 Å². The van der Waals surface area contributed by atoms with Gasteiger partial charge in [-0.05, 0) is 65.7 Å². The summed E-state index contributed by atoms with van der Waals surface area (Å²) < 4.78 is 8.53. The predicted molar refractivity (Wildman–Crippen MR) is 84.2 cm³/mol. The molecule has 0 amide bonds. The summed E-state index contributed by atoms with van der Waals surface area (Å²) in [5.41, 5.74) is 3.26. The van der Waals surface area contributed by atoms with Crippen LogP contribution < -0.4 is 4.74 Å². The van der Waals surface area contributed by atoms with Crippen LogP contribution >= 0.6 is 15.9 Å². The number of fused-ring (bicyclic) bond motifs is 1. The number of hydrogen-bond donors (Lipinski definition) is 0. The molecule has 3 rings (SSSR count). The summed E-state index contributed by atoms with van der Waals surface area (Å²) in [5.74, 6) is 1.86. The number of pyridine rings is 1. The highest BCUT2D eigenvalue weighted by Crippen LogP contribution is 2.29.